The average molecular weight is 519 g/mol. The third kappa shape index (κ3) is 5.61. The van der Waals surface area contributed by atoms with E-state index in [2.05, 4.69) is 10.0 Å². The van der Waals surface area contributed by atoms with Crippen LogP contribution in [0.15, 0.2) is 95.9 Å². The highest BCUT2D eigenvalue weighted by Gasteiger charge is 2.23. The van der Waals surface area contributed by atoms with Gasteiger partial charge in [-0.2, -0.15) is 0 Å². The Hall–Kier alpha value is -3.61. The molecule has 0 spiro atoms. The van der Waals surface area contributed by atoms with Gasteiger partial charge in [-0.15, -0.1) is 0 Å². The van der Waals surface area contributed by atoms with Crippen molar-refractivity contribution < 1.29 is 13.2 Å². The maximum absolute atomic E-state index is 13.4. The van der Waals surface area contributed by atoms with Crippen molar-refractivity contribution in [1.29, 1.82) is 0 Å². The Balaban J connectivity index is 1.67. The second-order valence-electron chi connectivity index (χ2n) is 8.74. The molecule has 5 nitrogen and oxygen atoms in total. The van der Waals surface area contributed by atoms with Crippen LogP contribution in [0.2, 0.25) is 5.02 Å². The summed E-state index contributed by atoms with van der Waals surface area (Å²) in [5.41, 5.74) is 5.25. The molecule has 0 aliphatic heterocycles. The van der Waals surface area contributed by atoms with Crippen molar-refractivity contribution in [2.75, 3.05) is 4.72 Å². The first kappa shape index (κ1) is 25.5. The summed E-state index contributed by atoms with van der Waals surface area (Å²) in [6.07, 6.45) is 0. The van der Waals surface area contributed by atoms with E-state index in [1.807, 2.05) is 87.5 Å². The molecule has 4 rings (SSSR count). The zero-order valence-electron chi connectivity index (χ0n) is 20.2. The van der Waals surface area contributed by atoms with Crippen molar-refractivity contribution in [2.24, 2.45) is 0 Å². The molecule has 1 atom stereocenters. The van der Waals surface area contributed by atoms with Crippen molar-refractivity contribution >= 4 is 33.2 Å². The number of benzene rings is 4. The van der Waals surface area contributed by atoms with Gasteiger partial charge in [-0.25, -0.2) is 8.42 Å². The number of carbonyl (C=O) groups excluding carboxylic acids is 1. The third-order valence-electron chi connectivity index (χ3n) is 6.03. The third-order valence-corrected chi connectivity index (χ3v) is 7.88. The summed E-state index contributed by atoms with van der Waals surface area (Å²) in [4.78, 5) is 13.2. The number of hydrogen-bond donors (Lipinski definition) is 2. The van der Waals surface area contributed by atoms with Crippen LogP contribution in [-0.4, -0.2) is 14.3 Å². The molecule has 0 aliphatic rings. The van der Waals surface area contributed by atoms with Crippen LogP contribution in [0.1, 0.15) is 44.2 Å². The van der Waals surface area contributed by atoms with Gasteiger partial charge in [0.2, 0.25) is 0 Å². The van der Waals surface area contributed by atoms with E-state index in [0.717, 1.165) is 27.8 Å². The predicted molar refractivity (Wildman–Crippen MR) is 145 cm³/mol. The van der Waals surface area contributed by atoms with Gasteiger partial charge < -0.3 is 5.32 Å². The van der Waals surface area contributed by atoms with Crippen LogP contribution in [0.25, 0.3) is 0 Å². The second-order valence-corrected chi connectivity index (χ2v) is 10.8. The normalized spacial score (nSPS) is 12.1. The van der Waals surface area contributed by atoms with Gasteiger partial charge in [-0.05, 0) is 72.9 Å². The van der Waals surface area contributed by atoms with Gasteiger partial charge in [0.05, 0.1) is 16.8 Å². The first-order valence-electron chi connectivity index (χ1n) is 11.5. The number of amides is 1. The molecule has 0 aliphatic carbocycles. The van der Waals surface area contributed by atoms with Crippen LogP contribution in [-0.2, 0) is 10.0 Å². The number of rotatable bonds is 7. The highest BCUT2D eigenvalue weighted by Crippen LogP contribution is 2.29. The lowest BCUT2D eigenvalue weighted by molar-refractivity contribution is 0.0942. The highest BCUT2D eigenvalue weighted by molar-refractivity contribution is 7.92. The van der Waals surface area contributed by atoms with Crippen LogP contribution >= 0.6 is 11.6 Å². The highest BCUT2D eigenvalue weighted by atomic mass is 35.5. The first-order valence-corrected chi connectivity index (χ1v) is 13.3. The Morgan fingerprint density at radius 3 is 2.22 bits per heavy atom. The summed E-state index contributed by atoms with van der Waals surface area (Å²) in [6.45, 7) is 5.69. The molecule has 0 unspecified atom stereocenters. The molecular formula is C29H27ClN2O3S. The van der Waals surface area contributed by atoms with E-state index < -0.39 is 22.0 Å². The minimum absolute atomic E-state index is 0.0304. The quantitative estimate of drug-likeness (QED) is 0.290. The smallest absolute Gasteiger partial charge is 0.263 e. The van der Waals surface area contributed by atoms with E-state index >= 15 is 0 Å². The van der Waals surface area contributed by atoms with Gasteiger partial charge in [0.15, 0.2) is 0 Å². The number of aryl methyl sites for hydroxylation is 3. The van der Waals surface area contributed by atoms with Gasteiger partial charge in [-0.1, -0.05) is 78.3 Å². The van der Waals surface area contributed by atoms with Gasteiger partial charge in [-0.3, -0.25) is 9.52 Å². The molecule has 2 N–H and O–H groups in total. The number of halogens is 1. The minimum Gasteiger partial charge on any atom is -0.341 e. The van der Waals surface area contributed by atoms with Crippen LogP contribution in [0.3, 0.4) is 0 Å². The Morgan fingerprint density at radius 1 is 0.806 bits per heavy atom. The summed E-state index contributed by atoms with van der Waals surface area (Å²) in [5, 5.41) is 3.10. The predicted octanol–water partition coefficient (Wildman–Crippen LogP) is 6.59. The van der Waals surface area contributed by atoms with Gasteiger partial charge in [0.25, 0.3) is 15.9 Å². The summed E-state index contributed by atoms with van der Waals surface area (Å²) < 4.78 is 29.1. The molecule has 184 valence electrons. The SMILES string of the molecule is Cc1ccc(C)c(NS(=O)(=O)c2cc(C(=O)N[C@H](c3ccccc3)c3ccccc3C)ccc2Cl)c1. The first-order chi connectivity index (χ1) is 17.2. The molecule has 1 amide bonds. The Morgan fingerprint density at radius 2 is 1.50 bits per heavy atom. The molecular weight excluding hydrogens is 492 g/mol. The number of nitrogens with one attached hydrogen (secondary N) is 2. The fraction of sp³-hybridized carbons (Fsp3) is 0.138. The average Bonchev–Trinajstić information content (AvgIpc) is 2.86. The lowest BCUT2D eigenvalue weighted by Crippen LogP contribution is -2.30. The molecule has 7 heteroatoms. The van der Waals surface area contributed by atoms with E-state index in [1.54, 1.807) is 6.07 Å². The van der Waals surface area contributed by atoms with Gasteiger partial charge in [0.1, 0.15) is 4.90 Å². The van der Waals surface area contributed by atoms with Gasteiger partial charge >= 0.3 is 0 Å². The van der Waals surface area contributed by atoms with Crippen molar-refractivity contribution in [3.05, 3.63) is 129 Å². The van der Waals surface area contributed by atoms with E-state index in [-0.39, 0.29) is 15.5 Å². The second kappa shape index (κ2) is 10.6. The van der Waals surface area contributed by atoms with Crippen molar-refractivity contribution in [2.45, 2.75) is 31.7 Å². The van der Waals surface area contributed by atoms with Crippen LogP contribution in [0, 0.1) is 20.8 Å². The summed E-state index contributed by atoms with van der Waals surface area (Å²) in [5.74, 6) is -0.410. The number of carbonyl (C=O) groups is 1. The molecule has 0 aromatic heterocycles. The topological polar surface area (TPSA) is 75.3 Å². The van der Waals surface area contributed by atoms with Crippen LogP contribution in [0.5, 0.6) is 0 Å². The minimum atomic E-state index is -4.04. The van der Waals surface area contributed by atoms with Gasteiger partial charge in [0, 0.05) is 5.56 Å². The molecule has 0 bridgehead atoms. The molecule has 0 fully saturated rings. The lowest BCUT2D eigenvalue weighted by atomic mass is 9.94. The Labute approximate surface area is 217 Å². The molecule has 0 saturated heterocycles. The fourth-order valence-corrected chi connectivity index (χ4v) is 5.66. The van der Waals surface area contributed by atoms with Crippen LogP contribution in [0.4, 0.5) is 5.69 Å². The Kier molecular flexibility index (Phi) is 7.48. The number of anilines is 1. The molecule has 4 aromatic rings. The summed E-state index contributed by atoms with van der Waals surface area (Å²) in [7, 11) is -4.04. The maximum atomic E-state index is 13.4. The molecule has 0 heterocycles. The zero-order chi connectivity index (χ0) is 25.9. The van der Waals surface area contributed by atoms with E-state index in [9.17, 15) is 13.2 Å². The molecule has 4 aromatic carbocycles. The standard InChI is InChI=1S/C29H27ClN2O3S/c1-19-13-14-21(3)26(17-19)32-36(34,35)27-18-23(15-16-25(27)30)29(33)31-28(22-10-5-4-6-11-22)24-12-8-7-9-20(24)2/h4-18,28,32H,1-3H3,(H,31,33)/t28-/m1/s1. The van der Waals surface area contributed by atoms with E-state index in [0.29, 0.717) is 5.69 Å². The van der Waals surface area contributed by atoms with E-state index in [4.69, 9.17) is 11.6 Å². The zero-order valence-corrected chi connectivity index (χ0v) is 21.8. The maximum Gasteiger partial charge on any atom is 0.263 e. The Bertz CT molecular complexity index is 1520. The monoisotopic (exact) mass is 518 g/mol. The summed E-state index contributed by atoms with van der Waals surface area (Å²) >= 11 is 6.29. The molecule has 0 saturated carbocycles. The van der Waals surface area contributed by atoms with Crippen LogP contribution < -0.4 is 10.0 Å². The van der Waals surface area contributed by atoms with Crippen molar-refractivity contribution in [1.82, 2.24) is 5.32 Å². The summed E-state index contributed by atoms with van der Waals surface area (Å²) in [6, 6.07) is 26.8. The molecule has 36 heavy (non-hydrogen) atoms. The van der Waals surface area contributed by atoms with E-state index in [1.165, 1.54) is 18.2 Å². The number of sulfonamides is 1. The van der Waals surface area contributed by atoms with Crippen molar-refractivity contribution in [3.63, 3.8) is 0 Å². The van der Waals surface area contributed by atoms with Crippen molar-refractivity contribution in [3.8, 4) is 0 Å². The number of hydrogen-bond acceptors (Lipinski definition) is 3. The largest absolute Gasteiger partial charge is 0.341 e. The molecule has 0 radical (unpaired) electrons. The lowest BCUT2D eigenvalue weighted by Gasteiger charge is -2.22. The fourth-order valence-electron chi connectivity index (χ4n) is 4.01.